The van der Waals surface area contributed by atoms with Crippen molar-refractivity contribution in [2.24, 2.45) is 0 Å². The van der Waals surface area contributed by atoms with Crippen molar-refractivity contribution in [3.8, 4) is 11.1 Å². The normalized spacial score (nSPS) is 17.5. The van der Waals surface area contributed by atoms with Gasteiger partial charge in [0.1, 0.15) is 0 Å². The minimum Gasteiger partial charge on any atom is -0.324 e. The van der Waals surface area contributed by atoms with Gasteiger partial charge in [0.2, 0.25) is 5.91 Å². The van der Waals surface area contributed by atoms with Gasteiger partial charge >= 0.3 is 6.18 Å². The number of amides is 1. The molecule has 0 spiro atoms. The number of nitrogens with one attached hydrogen (secondary N) is 2. The monoisotopic (exact) mass is 412 g/mol. The molecule has 0 aromatic heterocycles. The zero-order chi connectivity index (χ0) is 20.5. The smallest absolute Gasteiger partial charge is 0.324 e. The summed E-state index contributed by atoms with van der Waals surface area (Å²) in [7, 11) is -3.63. The summed E-state index contributed by atoms with van der Waals surface area (Å²) in [6, 6.07) is 8.73. The van der Waals surface area contributed by atoms with Gasteiger partial charge in [-0.3, -0.25) is 4.79 Å². The van der Waals surface area contributed by atoms with Gasteiger partial charge < -0.3 is 10.6 Å². The van der Waals surface area contributed by atoms with E-state index < -0.39 is 33.5 Å². The van der Waals surface area contributed by atoms with Gasteiger partial charge in [-0.2, -0.15) is 13.2 Å². The van der Waals surface area contributed by atoms with E-state index in [4.69, 9.17) is 0 Å². The summed E-state index contributed by atoms with van der Waals surface area (Å²) in [6.45, 7) is 0.644. The van der Waals surface area contributed by atoms with Crippen molar-refractivity contribution in [1.82, 2.24) is 5.32 Å². The van der Waals surface area contributed by atoms with Crippen LogP contribution in [0.3, 0.4) is 0 Å². The number of rotatable bonds is 4. The Morgan fingerprint density at radius 1 is 1.18 bits per heavy atom. The molecule has 28 heavy (non-hydrogen) atoms. The van der Waals surface area contributed by atoms with Crippen LogP contribution < -0.4 is 10.6 Å². The summed E-state index contributed by atoms with van der Waals surface area (Å²) in [6.07, 6.45) is -2.38. The van der Waals surface area contributed by atoms with Crippen molar-refractivity contribution >= 4 is 21.4 Å². The Bertz CT molecular complexity index is 998. The van der Waals surface area contributed by atoms with Crippen molar-refractivity contribution in [2.75, 3.05) is 18.1 Å². The minimum absolute atomic E-state index is 0.0601. The summed E-state index contributed by atoms with van der Waals surface area (Å²) >= 11 is 0. The molecule has 5 nitrogen and oxygen atoms in total. The number of sulfone groups is 1. The number of hydrogen-bond donors (Lipinski definition) is 2. The Morgan fingerprint density at radius 2 is 1.89 bits per heavy atom. The SMILES string of the molecule is CS(=O)(=O)c1ccccc1-c1ccc(NC(=O)C2CCCN2)c(C(F)(F)F)c1. The average Bonchev–Trinajstić information content (AvgIpc) is 3.15. The predicted octanol–water partition coefficient (Wildman–Crippen LogP) is 3.47. The second-order valence-electron chi connectivity index (χ2n) is 6.66. The third kappa shape index (κ3) is 4.36. The second-order valence-corrected chi connectivity index (χ2v) is 8.65. The Balaban J connectivity index is 2.04. The molecule has 3 rings (SSSR count). The molecule has 0 bridgehead atoms. The molecule has 1 fully saturated rings. The van der Waals surface area contributed by atoms with Gasteiger partial charge in [-0.05, 0) is 43.1 Å². The van der Waals surface area contributed by atoms with Crippen LogP contribution >= 0.6 is 0 Å². The van der Waals surface area contributed by atoms with Crippen molar-refractivity contribution in [2.45, 2.75) is 30.0 Å². The first-order valence-electron chi connectivity index (χ1n) is 8.62. The van der Waals surface area contributed by atoms with Crippen LogP contribution in [-0.4, -0.2) is 33.2 Å². The number of hydrogen-bond acceptors (Lipinski definition) is 4. The van der Waals surface area contributed by atoms with E-state index >= 15 is 0 Å². The summed E-state index contributed by atoms with van der Waals surface area (Å²) in [5.74, 6) is -0.521. The molecule has 0 aliphatic carbocycles. The Labute approximate surface area is 160 Å². The lowest BCUT2D eigenvalue weighted by atomic mass is 10.0. The van der Waals surface area contributed by atoms with Crippen molar-refractivity contribution in [1.29, 1.82) is 0 Å². The van der Waals surface area contributed by atoms with E-state index in [1.165, 1.54) is 24.3 Å². The van der Waals surface area contributed by atoms with Crippen LogP contribution in [0.25, 0.3) is 11.1 Å². The molecule has 0 radical (unpaired) electrons. The lowest BCUT2D eigenvalue weighted by Gasteiger charge is -2.18. The average molecular weight is 412 g/mol. The molecule has 0 saturated carbocycles. The number of anilines is 1. The van der Waals surface area contributed by atoms with E-state index in [1.54, 1.807) is 6.07 Å². The fourth-order valence-corrected chi connectivity index (χ4v) is 4.12. The lowest BCUT2D eigenvalue weighted by Crippen LogP contribution is -2.36. The summed E-state index contributed by atoms with van der Waals surface area (Å²) in [5, 5.41) is 5.28. The highest BCUT2D eigenvalue weighted by Crippen LogP contribution is 2.39. The van der Waals surface area contributed by atoms with Gasteiger partial charge in [-0.15, -0.1) is 0 Å². The number of benzene rings is 2. The number of carbonyl (C=O) groups is 1. The standard InChI is InChI=1S/C19H19F3N2O3S/c1-28(26,27)17-7-3-2-5-13(17)12-8-9-15(14(11-12)19(20,21)22)24-18(25)16-6-4-10-23-16/h2-3,5,7-9,11,16,23H,4,6,10H2,1H3,(H,24,25). The van der Waals surface area contributed by atoms with Crippen LogP contribution in [0.4, 0.5) is 18.9 Å². The molecular weight excluding hydrogens is 393 g/mol. The maximum absolute atomic E-state index is 13.6. The first-order valence-corrected chi connectivity index (χ1v) is 10.5. The second kappa shape index (κ2) is 7.56. The molecule has 1 aliphatic rings. The lowest BCUT2D eigenvalue weighted by molar-refractivity contribution is -0.136. The van der Waals surface area contributed by atoms with Crippen molar-refractivity contribution in [3.63, 3.8) is 0 Å². The van der Waals surface area contributed by atoms with Crippen LogP contribution in [0.2, 0.25) is 0 Å². The number of halogens is 3. The van der Waals surface area contributed by atoms with Crippen LogP contribution in [0.1, 0.15) is 18.4 Å². The van der Waals surface area contributed by atoms with Gasteiger partial charge in [0.15, 0.2) is 9.84 Å². The van der Waals surface area contributed by atoms with Crippen LogP contribution in [0.15, 0.2) is 47.4 Å². The molecule has 2 N–H and O–H groups in total. The molecule has 150 valence electrons. The van der Waals surface area contributed by atoms with Gasteiger partial charge in [-0.1, -0.05) is 24.3 Å². The van der Waals surface area contributed by atoms with E-state index in [0.29, 0.717) is 13.0 Å². The highest BCUT2D eigenvalue weighted by atomic mass is 32.2. The van der Waals surface area contributed by atoms with E-state index in [9.17, 15) is 26.4 Å². The minimum atomic E-state index is -4.72. The quantitative estimate of drug-likeness (QED) is 0.807. The maximum atomic E-state index is 13.6. The molecule has 1 heterocycles. The molecule has 1 amide bonds. The molecular formula is C19H19F3N2O3S. The van der Waals surface area contributed by atoms with Gasteiger partial charge in [0.25, 0.3) is 0 Å². The van der Waals surface area contributed by atoms with E-state index in [1.807, 2.05) is 0 Å². The predicted molar refractivity (Wildman–Crippen MR) is 99.6 cm³/mol. The molecule has 1 saturated heterocycles. The van der Waals surface area contributed by atoms with E-state index in [0.717, 1.165) is 24.8 Å². The third-order valence-electron chi connectivity index (χ3n) is 4.56. The topological polar surface area (TPSA) is 75.3 Å². The molecule has 9 heteroatoms. The molecule has 1 atom stereocenters. The fourth-order valence-electron chi connectivity index (χ4n) is 3.21. The fraction of sp³-hybridized carbons (Fsp3) is 0.316. The molecule has 1 unspecified atom stereocenters. The maximum Gasteiger partial charge on any atom is 0.418 e. The van der Waals surface area contributed by atoms with E-state index in [-0.39, 0.29) is 21.7 Å². The van der Waals surface area contributed by atoms with E-state index in [2.05, 4.69) is 10.6 Å². The zero-order valence-corrected chi connectivity index (χ0v) is 15.8. The highest BCUT2D eigenvalue weighted by Gasteiger charge is 2.35. The number of carbonyl (C=O) groups excluding carboxylic acids is 1. The Morgan fingerprint density at radius 3 is 2.50 bits per heavy atom. The Hall–Kier alpha value is -2.39. The van der Waals surface area contributed by atoms with Gasteiger partial charge in [0, 0.05) is 11.8 Å². The van der Waals surface area contributed by atoms with Crippen LogP contribution in [0, 0.1) is 0 Å². The third-order valence-corrected chi connectivity index (χ3v) is 5.71. The molecule has 2 aromatic rings. The number of alkyl halides is 3. The molecule has 2 aromatic carbocycles. The van der Waals surface area contributed by atoms with Gasteiger partial charge in [-0.25, -0.2) is 8.42 Å². The van der Waals surface area contributed by atoms with Crippen molar-refractivity contribution < 1.29 is 26.4 Å². The first kappa shape index (κ1) is 20.3. The first-order chi connectivity index (χ1) is 13.1. The van der Waals surface area contributed by atoms with Gasteiger partial charge in [0.05, 0.1) is 22.2 Å². The Kier molecular flexibility index (Phi) is 5.49. The van der Waals surface area contributed by atoms with Crippen LogP contribution in [-0.2, 0) is 20.8 Å². The molecule has 1 aliphatic heterocycles. The highest BCUT2D eigenvalue weighted by molar-refractivity contribution is 7.90. The van der Waals surface area contributed by atoms with Crippen LogP contribution in [0.5, 0.6) is 0 Å². The zero-order valence-electron chi connectivity index (χ0n) is 15.0. The largest absolute Gasteiger partial charge is 0.418 e. The summed E-state index contributed by atoms with van der Waals surface area (Å²) in [5.41, 5.74) is -1.11. The summed E-state index contributed by atoms with van der Waals surface area (Å²) < 4.78 is 64.8. The van der Waals surface area contributed by atoms with Crippen molar-refractivity contribution in [3.05, 3.63) is 48.0 Å². The summed E-state index contributed by atoms with van der Waals surface area (Å²) in [4.78, 5) is 12.2.